The van der Waals surface area contributed by atoms with Crippen LogP contribution in [-0.4, -0.2) is 72.5 Å². The van der Waals surface area contributed by atoms with Crippen molar-refractivity contribution in [3.05, 3.63) is 34.7 Å². The minimum absolute atomic E-state index is 0.0195. The molecule has 2 fully saturated rings. The lowest BCUT2D eigenvalue weighted by Gasteiger charge is -2.28. The van der Waals surface area contributed by atoms with Gasteiger partial charge >= 0.3 is 0 Å². The van der Waals surface area contributed by atoms with Crippen molar-refractivity contribution < 1.29 is 9.53 Å². The van der Waals surface area contributed by atoms with Gasteiger partial charge in [-0.25, -0.2) is 0 Å². The van der Waals surface area contributed by atoms with Gasteiger partial charge in [-0.15, -0.1) is 0 Å². The minimum Gasteiger partial charge on any atom is -0.379 e. The second-order valence-corrected chi connectivity index (χ2v) is 8.23. The summed E-state index contributed by atoms with van der Waals surface area (Å²) in [6.45, 7) is 11.1. The van der Waals surface area contributed by atoms with Crippen molar-refractivity contribution in [1.29, 1.82) is 0 Å². The monoisotopic (exact) mass is 405 g/mol. The summed E-state index contributed by atoms with van der Waals surface area (Å²) < 4.78 is 6.02. The number of hydrogen-bond acceptors (Lipinski definition) is 6. The van der Waals surface area contributed by atoms with Crippen LogP contribution in [0.5, 0.6) is 0 Å². The van der Waals surface area contributed by atoms with Gasteiger partial charge in [-0.1, -0.05) is 36.1 Å². The van der Waals surface area contributed by atoms with E-state index in [1.807, 2.05) is 6.08 Å². The van der Waals surface area contributed by atoms with Crippen LogP contribution >= 0.6 is 24.0 Å². The van der Waals surface area contributed by atoms with E-state index in [4.69, 9.17) is 17.0 Å². The minimum atomic E-state index is 0.0195. The summed E-state index contributed by atoms with van der Waals surface area (Å²) in [4.78, 5) is 19.8. The van der Waals surface area contributed by atoms with Crippen molar-refractivity contribution in [2.75, 3.05) is 57.4 Å². The standard InChI is InChI=1S/C20H27N3O2S2/c1-3-22(4-2)17-7-5-16(6-8-17)15-18-19(24)23(20(26)27-18)10-9-21-11-13-25-14-12-21/h5-8,15H,3-4,9-14H2,1-2H3/b18-15+. The third kappa shape index (κ3) is 5.10. The highest BCUT2D eigenvalue weighted by Gasteiger charge is 2.32. The summed E-state index contributed by atoms with van der Waals surface area (Å²) >= 11 is 6.84. The molecule has 0 N–H and O–H groups in total. The van der Waals surface area contributed by atoms with Crippen molar-refractivity contribution in [1.82, 2.24) is 9.80 Å². The molecule has 0 atom stereocenters. The molecular weight excluding hydrogens is 378 g/mol. The van der Waals surface area contributed by atoms with Crippen molar-refractivity contribution in [2.24, 2.45) is 0 Å². The maximum atomic E-state index is 12.8. The van der Waals surface area contributed by atoms with E-state index < -0.39 is 0 Å². The van der Waals surface area contributed by atoms with Gasteiger partial charge in [0.1, 0.15) is 4.32 Å². The van der Waals surface area contributed by atoms with E-state index >= 15 is 0 Å². The third-order valence-corrected chi connectivity index (χ3v) is 6.31. The highest BCUT2D eigenvalue weighted by Crippen LogP contribution is 2.32. The van der Waals surface area contributed by atoms with E-state index in [2.05, 4.69) is 47.9 Å². The lowest BCUT2D eigenvalue weighted by atomic mass is 10.1. The van der Waals surface area contributed by atoms with Gasteiger partial charge in [0.2, 0.25) is 0 Å². The highest BCUT2D eigenvalue weighted by atomic mass is 32.2. The van der Waals surface area contributed by atoms with Crippen LogP contribution in [0.1, 0.15) is 19.4 Å². The molecule has 27 heavy (non-hydrogen) atoms. The number of benzene rings is 1. The first-order valence-electron chi connectivity index (χ1n) is 9.52. The van der Waals surface area contributed by atoms with E-state index in [1.165, 1.54) is 17.4 Å². The number of morpholine rings is 1. The summed E-state index contributed by atoms with van der Waals surface area (Å²) in [5.74, 6) is 0.0195. The van der Waals surface area contributed by atoms with Gasteiger partial charge < -0.3 is 9.64 Å². The molecule has 0 aliphatic carbocycles. The summed E-state index contributed by atoms with van der Waals surface area (Å²) in [6.07, 6.45) is 1.94. The Balaban J connectivity index is 1.63. The lowest BCUT2D eigenvalue weighted by Crippen LogP contribution is -2.42. The number of amides is 1. The predicted octanol–water partition coefficient (Wildman–Crippen LogP) is 3.07. The van der Waals surface area contributed by atoms with Gasteiger partial charge in [0, 0.05) is 45.0 Å². The average Bonchev–Trinajstić information content (AvgIpc) is 2.96. The van der Waals surface area contributed by atoms with Crippen molar-refractivity contribution in [3.63, 3.8) is 0 Å². The zero-order valence-corrected chi connectivity index (χ0v) is 17.7. The van der Waals surface area contributed by atoms with Gasteiger partial charge in [-0.3, -0.25) is 14.6 Å². The Kier molecular flexibility index (Phi) is 7.29. The number of ether oxygens (including phenoxy) is 1. The second-order valence-electron chi connectivity index (χ2n) is 6.55. The average molecular weight is 406 g/mol. The first kappa shape index (κ1) is 20.3. The van der Waals surface area contributed by atoms with Crippen molar-refractivity contribution >= 4 is 46.0 Å². The topological polar surface area (TPSA) is 36.0 Å². The van der Waals surface area contributed by atoms with E-state index in [1.54, 1.807) is 4.90 Å². The molecule has 0 spiro atoms. The Labute approximate surface area is 171 Å². The molecule has 0 bridgehead atoms. The van der Waals surface area contributed by atoms with Crippen LogP contribution in [-0.2, 0) is 9.53 Å². The number of anilines is 1. The first-order chi connectivity index (χ1) is 13.1. The number of rotatable bonds is 7. The van der Waals surface area contributed by atoms with E-state index in [0.717, 1.165) is 51.5 Å². The highest BCUT2D eigenvalue weighted by molar-refractivity contribution is 8.26. The first-order valence-corrected chi connectivity index (χ1v) is 10.7. The Bertz CT molecular complexity index is 696. The van der Waals surface area contributed by atoms with Crippen LogP contribution in [0.2, 0.25) is 0 Å². The molecule has 0 aromatic heterocycles. The quantitative estimate of drug-likeness (QED) is 0.513. The number of thiocarbonyl (C=S) groups is 1. The van der Waals surface area contributed by atoms with Crippen molar-refractivity contribution in [3.8, 4) is 0 Å². The molecule has 5 nitrogen and oxygen atoms in total. The second kappa shape index (κ2) is 9.68. The third-order valence-electron chi connectivity index (χ3n) is 4.94. The fraction of sp³-hybridized carbons (Fsp3) is 0.500. The van der Waals surface area contributed by atoms with Gasteiger partial charge in [-0.2, -0.15) is 0 Å². The van der Waals surface area contributed by atoms with Crippen LogP contribution in [0.3, 0.4) is 0 Å². The molecule has 0 saturated carbocycles. The Morgan fingerprint density at radius 1 is 1.15 bits per heavy atom. The van der Waals surface area contributed by atoms with E-state index in [0.29, 0.717) is 15.8 Å². The number of carbonyl (C=O) groups is 1. The summed E-state index contributed by atoms with van der Waals surface area (Å²) in [7, 11) is 0. The maximum absolute atomic E-state index is 12.8. The zero-order valence-electron chi connectivity index (χ0n) is 16.0. The van der Waals surface area contributed by atoms with Crippen LogP contribution < -0.4 is 4.90 Å². The number of hydrogen-bond donors (Lipinski definition) is 0. The fourth-order valence-corrected chi connectivity index (χ4v) is 4.59. The largest absolute Gasteiger partial charge is 0.379 e. The van der Waals surface area contributed by atoms with Gasteiger partial charge in [0.05, 0.1) is 18.1 Å². The lowest BCUT2D eigenvalue weighted by molar-refractivity contribution is -0.122. The number of carbonyl (C=O) groups excluding carboxylic acids is 1. The van der Waals surface area contributed by atoms with Crippen molar-refractivity contribution in [2.45, 2.75) is 13.8 Å². The fourth-order valence-electron chi connectivity index (χ4n) is 3.28. The van der Waals surface area contributed by atoms with E-state index in [-0.39, 0.29) is 5.91 Å². The Hall–Kier alpha value is -1.41. The normalized spacial score (nSPS) is 19.9. The van der Waals surface area contributed by atoms with Gasteiger partial charge in [0.25, 0.3) is 5.91 Å². The van der Waals surface area contributed by atoms with Gasteiger partial charge in [-0.05, 0) is 37.6 Å². The SMILES string of the molecule is CCN(CC)c1ccc(/C=C2/SC(=S)N(CCN3CCOCC3)C2=O)cc1. The summed E-state index contributed by atoms with van der Waals surface area (Å²) in [6, 6.07) is 8.35. The molecule has 2 aliphatic rings. The molecule has 0 unspecified atom stereocenters. The smallest absolute Gasteiger partial charge is 0.266 e. The molecule has 1 aromatic rings. The van der Waals surface area contributed by atoms with Crippen LogP contribution in [0, 0.1) is 0 Å². The molecule has 146 valence electrons. The molecular formula is C20H27N3O2S2. The number of nitrogens with zero attached hydrogens (tertiary/aromatic N) is 3. The van der Waals surface area contributed by atoms with Crippen LogP contribution in [0.25, 0.3) is 6.08 Å². The summed E-state index contributed by atoms with van der Waals surface area (Å²) in [5.41, 5.74) is 2.23. The Morgan fingerprint density at radius 2 is 1.81 bits per heavy atom. The van der Waals surface area contributed by atoms with Crippen LogP contribution in [0.4, 0.5) is 5.69 Å². The van der Waals surface area contributed by atoms with Gasteiger partial charge in [0.15, 0.2) is 0 Å². The molecule has 7 heteroatoms. The van der Waals surface area contributed by atoms with E-state index in [9.17, 15) is 4.79 Å². The molecule has 1 aromatic carbocycles. The molecule has 1 amide bonds. The molecule has 2 aliphatic heterocycles. The summed E-state index contributed by atoms with van der Waals surface area (Å²) in [5, 5.41) is 0. The number of thioether (sulfide) groups is 1. The Morgan fingerprint density at radius 3 is 2.44 bits per heavy atom. The molecule has 3 rings (SSSR count). The molecule has 2 saturated heterocycles. The maximum Gasteiger partial charge on any atom is 0.266 e. The van der Waals surface area contributed by atoms with Crippen LogP contribution in [0.15, 0.2) is 29.2 Å². The molecule has 2 heterocycles. The zero-order chi connectivity index (χ0) is 19.2. The molecule has 0 radical (unpaired) electrons. The predicted molar refractivity (Wildman–Crippen MR) is 117 cm³/mol.